The highest BCUT2D eigenvalue weighted by Crippen LogP contribution is 2.24. The third-order valence-corrected chi connectivity index (χ3v) is 4.30. The molecule has 0 saturated carbocycles. The third-order valence-electron chi connectivity index (χ3n) is 2.58. The van der Waals surface area contributed by atoms with Gasteiger partial charge in [-0.2, -0.15) is 5.10 Å². The number of benzene rings is 1. The van der Waals surface area contributed by atoms with Crippen molar-refractivity contribution in [2.45, 2.75) is 13.5 Å². The lowest BCUT2D eigenvalue weighted by molar-refractivity contribution is 0.712. The molecule has 90 valence electrons. The molecule has 0 spiro atoms. The van der Waals surface area contributed by atoms with E-state index in [2.05, 4.69) is 42.3 Å². The number of nitrogens with one attached hydrogen (secondary N) is 1. The van der Waals surface area contributed by atoms with Crippen molar-refractivity contribution in [3.63, 3.8) is 0 Å². The topological polar surface area (TPSA) is 29.9 Å². The van der Waals surface area contributed by atoms with E-state index in [4.69, 9.17) is 0 Å². The molecule has 3 nitrogen and oxygen atoms in total. The van der Waals surface area contributed by atoms with E-state index in [9.17, 15) is 0 Å². The van der Waals surface area contributed by atoms with Crippen LogP contribution in [0, 0.1) is 6.92 Å². The zero-order valence-electron chi connectivity index (χ0n) is 9.67. The molecule has 2 aromatic rings. The van der Waals surface area contributed by atoms with Crippen molar-refractivity contribution in [2.75, 3.05) is 5.32 Å². The molecular formula is C12H13Br2N3. The number of hydrogen-bond donors (Lipinski definition) is 1. The van der Waals surface area contributed by atoms with Gasteiger partial charge < -0.3 is 5.32 Å². The third kappa shape index (κ3) is 2.72. The Hall–Kier alpha value is -0.810. The first-order chi connectivity index (χ1) is 8.09. The molecule has 0 bridgehead atoms. The molecule has 0 atom stereocenters. The fourth-order valence-electron chi connectivity index (χ4n) is 1.66. The number of aromatic nitrogens is 2. The van der Waals surface area contributed by atoms with E-state index in [0.717, 1.165) is 32.6 Å². The Bertz CT molecular complexity index is 535. The summed E-state index contributed by atoms with van der Waals surface area (Å²) < 4.78 is 4.03. The van der Waals surface area contributed by atoms with Crippen LogP contribution in [0.1, 0.15) is 11.4 Å². The summed E-state index contributed by atoms with van der Waals surface area (Å²) in [4.78, 5) is 0. The molecule has 0 fully saturated rings. The Kier molecular flexibility index (Phi) is 3.89. The first-order valence-electron chi connectivity index (χ1n) is 5.26. The van der Waals surface area contributed by atoms with Gasteiger partial charge in [-0.15, -0.1) is 0 Å². The second-order valence-electron chi connectivity index (χ2n) is 3.80. The second-order valence-corrected chi connectivity index (χ2v) is 5.45. The van der Waals surface area contributed by atoms with Gasteiger partial charge >= 0.3 is 0 Å². The van der Waals surface area contributed by atoms with Gasteiger partial charge in [0.05, 0.1) is 22.4 Å². The van der Waals surface area contributed by atoms with Crippen LogP contribution < -0.4 is 5.32 Å². The van der Waals surface area contributed by atoms with Crippen LogP contribution in [-0.2, 0) is 13.6 Å². The van der Waals surface area contributed by atoms with E-state index < -0.39 is 0 Å². The number of nitrogens with zero attached hydrogens (tertiary/aromatic N) is 2. The van der Waals surface area contributed by atoms with Gasteiger partial charge in [0.15, 0.2) is 0 Å². The van der Waals surface area contributed by atoms with E-state index in [1.165, 1.54) is 0 Å². The number of rotatable bonds is 3. The zero-order valence-corrected chi connectivity index (χ0v) is 12.8. The van der Waals surface area contributed by atoms with Crippen molar-refractivity contribution in [3.05, 3.63) is 44.6 Å². The summed E-state index contributed by atoms with van der Waals surface area (Å²) in [5.74, 6) is 0. The Balaban J connectivity index is 2.15. The minimum Gasteiger partial charge on any atom is -0.378 e. The van der Waals surface area contributed by atoms with Crippen molar-refractivity contribution in [3.8, 4) is 0 Å². The fraction of sp³-hybridized carbons (Fsp3) is 0.250. The Morgan fingerprint density at radius 3 is 2.59 bits per heavy atom. The van der Waals surface area contributed by atoms with Gasteiger partial charge in [0.1, 0.15) is 0 Å². The van der Waals surface area contributed by atoms with Crippen molar-refractivity contribution in [2.24, 2.45) is 7.05 Å². The minimum absolute atomic E-state index is 0.737. The maximum Gasteiger partial charge on any atom is 0.0739 e. The van der Waals surface area contributed by atoms with Crippen LogP contribution in [0.5, 0.6) is 0 Å². The van der Waals surface area contributed by atoms with Gasteiger partial charge in [-0.25, -0.2) is 0 Å². The minimum atomic E-state index is 0.737. The fourth-order valence-corrected chi connectivity index (χ4v) is 2.56. The first kappa shape index (κ1) is 12.6. The highest BCUT2D eigenvalue weighted by molar-refractivity contribution is 9.11. The first-order valence-corrected chi connectivity index (χ1v) is 6.84. The van der Waals surface area contributed by atoms with Crippen LogP contribution >= 0.6 is 31.9 Å². The van der Waals surface area contributed by atoms with Crippen molar-refractivity contribution >= 4 is 37.5 Å². The Morgan fingerprint density at radius 1 is 1.29 bits per heavy atom. The average Bonchev–Trinajstić information content (AvgIpc) is 2.53. The largest absolute Gasteiger partial charge is 0.378 e. The number of aryl methyl sites for hydroxylation is 2. The van der Waals surface area contributed by atoms with Crippen LogP contribution in [0.2, 0.25) is 0 Å². The summed E-state index contributed by atoms with van der Waals surface area (Å²) >= 11 is 7.07. The van der Waals surface area contributed by atoms with Crippen molar-refractivity contribution in [1.29, 1.82) is 0 Å². The molecule has 1 heterocycles. The molecule has 0 unspecified atom stereocenters. The number of anilines is 1. The maximum atomic E-state index is 4.36. The zero-order chi connectivity index (χ0) is 12.4. The van der Waals surface area contributed by atoms with E-state index >= 15 is 0 Å². The van der Waals surface area contributed by atoms with Gasteiger partial charge in [0.25, 0.3) is 0 Å². The molecule has 17 heavy (non-hydrogen) atoms. The molecule has 5 heteroatoms. The molecule has 0 saturated heterocycles. The van der Waals surface area contributed by atoms with Gasteiger partial charge in [-0.05, 0) is 50.9 Å². The number of hydrogen-bond acceptors (Lipinski definition) is 2. The molecule has 0 amide bonds. The molecule has 1 aromatic heterocycles. The van der Waals surface area contributed by atoms with Gasteiger partial charge in [-0.3, -0.25) is 4.68 Å². The van der Waals surface area contributed by atoms with Crippen LogP contribution in [0.3, 0.4) is 0 Å². The summed E-state index contributed by atoms with van der Waals surface area (Å²) in [6.07, 6.45) is 0. The van der Waals surface area contributed by atoms with Crippen LogP contribution in [0.15, 0.2) is 33.2 Å². The smallest absolute Gasteiger partial charge is 0.0739 e. The monoisotopic (exact) mass is 357 g/mol. The highest BCUT2D eigenvalue weighted by atomic mass is 79.9. The molecule has 2 rings (SSSR count). The molecule has 0 aliphatic rings. The lowest BCUT2D eigenvalue weighted by Gasteiger charge is -2.09. The summed E-state index contributed by atoms with van der Waals surface area (Å²) in [6, 6.07) is 8.07. The predicted molar refractivity (Wildman–Crippen MR) is 77.1 cm³/mol. The quantitative estimate of drug-likeness (QED) is 0.902. The van der Waals surface area contributed by atoms with E-state index in [0.29, 0.717) is 0 Å². The maximum absolute atomic E-state index is 4.36. The second kappa shape index (κ2) is 5.23. The van der Waals surface area contributed by atoms with Crippen LogP contribution in [-0.4, -0.2) is 9.78 Å². The molecule has 0 radical (unpaired) electrons. The Labute approximate surface area is 117 Å². The van der Waals surface area contributed by atoms with Gasteiger partial charge in [0, 0.05) is 17.2 Å². The average molecular weight is 359 g/mol. The van der Waals surface area contributed by atoms with E-state index in [-0.39, 0.29) is 0 Å². The van der Waals surface area contributed by atoms with Gasteiger partial charge in [-0.1, -0.05) is 12.1 Å². The Morgan fingerprint density at radius 2 is 2.00 bits per heavy atom. The van der Waals surface area contributed by atoms with Gasteiger partial charge in [0.2, 0.25) is 0 Å². The SMILES string of the molecule is Cc1nn(C)c(CNc2ccccc2Br)c1Br. The molecule has 0 aliphatic heterocycles. The molecule has 1 aromatic carbocycles. The number of para-hydroxylation sites is 1. The van der Waals surface area contributed by atoms with Crippen LogP contribution in [0.25, 0.3) is 0 Å². The molecule has 1 N–H and O–H groups in total. The summed E-state index contributed by atoms with van der Waals surface area (Å²) in [6.45, 7) is 2.73. The van der Waals surface area contributed by atoms with Crippen molar-refractivity contribution in [1.82, 2.24) is 9.78 Å². The summed E-state index contributed by atoms with van der Waals surface area (Å²) in [5.41, 5.74) is 3.23. The molecule has 0 aliphatic carbocycles. The lowest BCUT2D eigenvalue weighted by atomic mass is 10.3. The van der Waals surface area contributed by atoms with Crippen LogP contribution in [0.4, 0.5) is 5.69 Å². The van der Waals surface area contributed by atoms with E-state index in [1.807, 2.05) is 42.9 Å². The standard InChI is InChI=1S/C12H13Br2N3/c1-8-12(14)11(17(2)16-8)7-15-10-6-4-3-5-9(10)13/h3-6,15H,7H2,1-2H3. The number of halogens is 2. The lowest BCUT2D eigenvalue weighted by Crippen LogP contribution is -2.06. The van der Waals surface area contributed by atoms with E-state index in [1.54, 1.807) is 0 Å². The highest BCUT2D eigenvalue weighted by Gasteiger charge is 2.10. The van der Waals surface area contributed by atoms with Crippen molar-refractivity contribution < 1.29 is 0 Å². The summed E-state index contributed by atoms with van der Waals surface area (Å²) in [7, 11) is 1.95. The summed E-state index contributed by atoms with van der Waals surface area (Å²) in [5, 5.41) is 7.75. The molecular weight excluding hydrogens is 346 g/mol. The normalized spacial score (nSPS) is 10.6. The predicted octanol–water partition coefficient (Wildman–Crippen LogP) is 3.87.